The maximum atomic E-state index is 11.7. The van der Waals surface area contributed by atoms with Crippen molar-refractivity contribution in [3.05, 3.63) is 0 Å². The quantitative estimate of drug-likeness (QED) is 0.217. The lowest BCUT2D eigenvalue weighted by Crippen LogP contribution is -2.47. The fourth-order valence-corrected chi connectivity index (χ4v) is 3.09. The number of hydrogen-bond acceptors (Lipinski definition) is 3. The molecule has 2 aliphatic rings. The molecule has 1 heterocycles. The smallest absolute Gasteiger partial charge is 0.220 e. The van der Waals surface area contributed by atoms with E-state index in [9.17, 15) is 9.59 Å². The summed E-state index contributed by atoms with van der Waals surface area (Å²) in [6.45, 7) is 5.25. The summed E-state index contributed by atoms with van der Waals surface area (Å²) in [5.74, 6) is 1.10. The van der Waals surface area contributed by atoms with Crippen molar-refractivity contribution in [3.63, 3.8) is 0 Å². The molecule has 2 amide bonds. The average molecular weight is 465 g/mol. The second kappa shape index (κ2) is 11.5. The molecule has 0 spiro atoms. The molecule has 0 bridgehead atoms. The highest BCUT2D eigenvalue weighted by molar-refractivity contribution is 14.0. The molecule has 7 nitrogen and oxygen atoms in total. The van der Waals surface area contributed by atoms with Gasteiger partial charge in [0.2, 0.25) is 11.8 Å². The van der Waals surface area contributed by atoms with Crippen molar-refractivity contribution in [2.45, 2.75) is 57.9 Å². The zero-order chi connectivity index (χ0) is 17.4. The van der Waals surface area contributed by atoms with Gasteiger partial charge < -0.3 is 21.3 Å². The van der Waals surface area contributed by atoms with Gasteiger partial charge in [-0.1, -0.05) is 0 Å². The van der Waals surface area contributed by atoms with E-state index in [4.69, 9.17) is 5.73 Å². The largest absolute Gasteiger partial charge is 0.370 e. The SMILES string of the molecule is CCNC(=NCCCC(=O)NC1CC1)N1CCCC(CC(N)=O)C1.I. The summed E-state index contributed by atoms with van der Waals surface area (Å²) in [5.41, 5.74) is 5.33. The third kappa shape index (κ3) is 8.73. The van der Waals surface area contributed by atoms with Gasteiger partial charge in [0.15, 0.2) is 5.96 Å². The molecule has 0 radical (unpaired) electrons. The minimum absolute atomic E-state index is 0. The molecule has 0 aromatic carbocycles. The molecule has 1 aliphatic heterocycles. The van der Waals surface area contributed by atoms with E-state index in [0.29, 0.717) is 31.3 Å². The fourth-order valence-electron chi connectivity index (χ4n) is 3.09. The van der Waals surface area contributed by atoms with E-state index < -0.39 is 0 Å². The highest BCUT2D eigenvalue weighted by Crippen LogP contribution is 2.20. The lowest BCUT2D eigenvalue weighted by molar-refractivity contribution is -0.121. The van der Waals surface area contributed by atoms with Crippen LogP contribution in [0.4, 0.5) is 0 Å². The second-order valence-corrected chi connectivity index (χ2v) is 6.81. The Morgan fingerprint density at radius 2 is 2.04 bits per heavy atom. The highest BCUT2D eigenvalue weighted by Gasteiger charge is 2.24. The number of nitrogens with zero attached hydrogens (tertiary/aromatic N) is 2. The summed E-state index contributed by atoms with van der Waals surface area (Å²) in [5, 5.41) is 6.31. The molecule has 0 aromatic rings. The number of guanidine groups is 1. The Morgan fingerprint density at radius 3 is 2.68 bits per heavy atom. The molecule has 0 aromatic heterocycles. The van der Waals surface area contributed by atoms with Crippen molar-refractivity contribution in [1.29, 1.82) is 0 Å². The van der Waals surface area contributed by atoms with Crippen LogP contribution in [0.3, 0.4) is 0 Å². The standard InChI is InChI=1S/C17H31N5O2.HI/c1-2-19-17(20-9-3-6-16(24)21-14-7-8-14)22-10-4-5-13(12-22)11-15(18)23;/h13-14H,2-12H2,1H3,(H2,18,23)(H,19,20)(H,21,24);1H. The third-order valence-corrected chi connectivity index (χ3v) is 4.41. The van der Waals surface area contributed by atoms with Crippen LogP contribution in [-0.4, -0.2) is 54.9 Å². The van der Waals surface area contributed by atoms with E-state index in [1.807, 2.05) is 6.92 Å². The molecule has 1 unspecified atom stereocenters. The molecule has 144 valence electrons. The zero-order valence-corrected chi connectivity index (χ0v) is 17.5. The lowest BCUT2D eigenvalue weighted by Gasteiger charge is -2.34. The Morgan fingerprint density at radius 1 is 1.28 bits per heavy atom. The number of nitrogens with two attached hydrogens (primary N) is 1. The van der Waals surface area contributed by atoms with E-state index in [1.165, 1.54) is 0 Å². The number of likely N-dealkylation sites (tertiary alicyclic amines) is 1. The lowest BCUT2D eigenvalue weighted by atomic mass is 9.95. The van der Waals surface area contributed by atoms with Crippen LogP contribution in [0.2, 0.25) is 0 Å². The van der Waals surface area contributed by atoms with E-state index in [2.05, 4.69) is 20.5 Å². The van der Waals surface area contributed by atoms with Crippen LogP contribution >= 0.6 is 24.0 Å². The molecule has 1 saturated carbocycles. The maximum absolute atomic E-state index is 11.7. The van der Waals surface area contributed by atoms with Gasteiger partial charge in [-0.2, -0.15) is 0 Å². The number of halogens is 1. The second-order valence-electron chi connectivity index (χ2n) is 6.81. The van der Waals surface area contributed by atoms with Crippen LogP contribution in [0.1, 0.15) is 51.9 Å². The van der Waals surface area contributed by atoms with Gasteiger partial charge in [0.05, 0.1) is 0 Å². The number of piperidine rings is 1. The molecular formula is C17H32IN5O2. The van der Waals surface area contributed by atoms with Crippen LogP contribution in [0.15, 0.2) is 4.99 Å². The molecule has 4 N–H and O–H groups in total. The van der Waals surface area contributed by atoms with E-state index in [1.54, 1.807) is 0 Å². The number of primary amides is 1. The predicted molar refractivity (Wildman–Crippen MR) is 110 cm³/mol. The Labute approximate surface area is 167 Å². The number of nitrogens with one attached hydrogen (secondary N) is 2. The average Bonchev–Trinajstić information content (AvgIpc) is 3.34. The summed E-state index contributed by atoms with van der Waals surface area (Å²) >= 11 is 0. The first-order valence-electron chi connectivity index (χ1n) is 9.19. The van der Waals surface area contributed by atoms with Crippen molar-refractivity contribution in [3.8, 4) is 0 Å². The van der Waals surface area contributed by atoms with Gasteiger partial charge in [-0.25, -0.2) is 0 Å². The number of hydrogen-bond donors (Lipinski definition) is 3. The van der Waals surface area contributed by atoms with Crippen LogP contribution < -0.4 is 16.4 Å². The summed E-state index contributed by atoms with van der Waals surface area (Å²) in [6.07, 6.45) is 6.06. The molecule has 8 heteroatoms. The number of carbonyl (C=O) groups is 2. The molecule has 2 rings (SSSR count). The van der Waals surface area contributed by atoms with Crippen molar-refractivity contribution in [2.75, 3.05) is 26.2 Å². The van der Waals surface area contributed by atoms with Gasteiger partial charge in [-0.15, -0.1) is 24.0 Å². The van der Waals surface area contributed by atoms with Crippen LogP contribution in [-0.2, 0) is 9.59 Å². The summed E-state index contributed by atoms with van der Waals surface area (Å²) in [4.78, 5) is 29.7. The zero-order valence-electron chi connectivity index (χ0n) is 15.1. The topological polar surface area (TPSA) is 99.8 Å². The van der Waals surface area contributed by atoms with Gasteiger partial charge in [0.1, 0.15) is 0 Å². The van der Waals surface area contributed by atoms with Crippen molar-refractivity contribution in [1.82, 2.24) is 15.5 Å². The van der Waals surface area contributed by atoms with E-state index in [0.717, 1.165) is 57.7 Å². The summed E-state index contributed by atoms with van der Waals surface area (Å²) < 4.78 is 0. The fraction of sp³-hybridized carbons (Fsp3) is 0.824. The molecule has 2 fully saturated rings. The Bertz CT molecular complexity index is 468. The van der Waals surface area contributed by atoms with Gasteiger partial charge in [-0.3, -0.25) is 14.6 Å². The normalized spacial score (nSPS) is 20.6. The van der Waals surface area contributed by atoms with Crippen LogP contribution in [0.5, 0.6) is 0 Å². The molecule has 1 saturated heterocycles. The minimum Gasteiger partial charge on any atom is -0.370 e. The summed E-state index contributed by atoms with van der Waals surface area (Å²) in [7, 11) is 0. The van der Waals surface area contributed by atoms with Crippen molar-refractivity contribution in [2.24, 2.45) is 16.6 Å². The Hall–Kier alpha value is -1.06. The molecule has 1 aliphatic carbocycles. The number of rotatable bonds is 8. The Kier molecular flexibility index (Phi) is 10.1. The number of amides is 2. The van der Waals surface area contributed by atoms with Gasteiger partial charge in [0, 0.05) is 45.1 Å². The van der Waals surface area contributed by atoms with E-state index in [-0.39, 0.29) is 35.8 Å². The van der Waals surface area contributed by atoms with E-state index >= 15 is 0 Å². The third-order valence-electron chi connectivity index (χ3n) is 4.41. The van der Waals surface area contributed by atoms with Crippen LogP contribution in [0, 0.1) is 5.92 Å². The molecular weight excluding hydrogens is 433 g/mol. The van der Waals surface area contributed by atoms with Crippen molar-refractivity contribution < 1.29 is 9.59 Å². The first-order chi connectivity index (χ1) is 11.6. The summed E-state index contributed by atoms with van der Waals surface area (Å²) in [6, 6.07) is 0.425. The maximum Gasteiger partial charge on any atom is 0.220 e. The monoisotopic (exact) mass is 465 g/mol. The van der Waals surface area contributed by atoms with Gasteiger partial charge >= 0.3 is 0 Å². The van der Waals surface area contributed by atoms with Gasteiger partial charge in [-0.05, 0) is 44.9 Å². The van der Waals surface area contributed by atoms with Crippen LogP contribution in [0.25, 0.3) is 0 Å². The number of carbonyl (C=O) groups excluding carboxylic acids is 2. The highest BCUT2D eigenvalue weighted by atomic mass is 127. The number of aliphatic imine (C=N–C) groups is 1. The minimum atomic E-state index is -0.231. The van der Waals surface area contributed by atoms with Gasteiger partial charge in [0.25, 0.3) is 0 Å². The first-order valence-corrected chi connectivity index (χ1v) is 9.19. The van der Waals surface area contributed by atoms with Crippen molar-refractivity contribution >= 4 is 41.8 Å². The Balaban J connectivity index is 0.00000312. The first kappa shape index (κ1) is 22.0. The molecule has 1 atom stereocenters. The molecule has 25 heavy (non-hydrogen) atoms. The predicted octanol–water partition coefficient (Wildman–Crippen LogP) is 1.22.